The van der Waals surface area contributed by atoms with E-state index in [1.54, 1.807) is 0 Å². The summed E-state index contributed by atoms with van der Waals surface area (Å²) in [6, 6.07) is 4.07. The zero-order valence-corrected chi connectivity index (χ0v) is 26.8. The van der Waals surface area contributed by atoms with Gasteiger partial charge in [-0.05, 0) is 60.8 Å². The molecular formula is C37H66O2. The van der Waals surface area contributed by atoms with Crippen molar-refractivity contribution in [3.8, 4) is 0 Å². The summed E-state index contributed by atoms with van der Waals surface area (Å²) in [4.78, 5) is 12.2. The fourth-order valence-corrected chi connectivity index (χ4v) is 6.15. The van der Waals surface area contributed by atoms with E-state index in [4.69, 9.17) is 0 Å². The van der Waals surface area contributed by atoms with Gasteiger partial charge in [0.2, 0.25) is 0 Å². The van der Waals surface area contributed by atoms with Gasteiger partial charge in [-0.25, -0.2) is 4.79 Å². The van der Waals surface area contributed by atoms with E-state index in [-0.39, 0.29) is 0 Å². The summed E-state index contributed by atoms with van der Waals surface area (Å²) in [5.74, 6) is -0.126. The molecule has 2 nitrogen and oxygen atoms in total. The Morgan fingerprint density at radius 2 is 1.03 bits per heavy atom. The third-order valence-corrected chi connectivity index (χ3v) is 8.69. The molecule has 0 heterocycles. The van der Waals surface area contributed by atoms with Crippen LogP contribution in [0.1, 0.15) is 196 Å². The molecular weight excluding hydrogens is 476 g/mol. The molecule has 0 saturated heterocycles. The second-order valence-corrected chi connectivity index (χ2v) is 12.5. The lowest BCUT2D eigenvalue weighted by Crippen LogP contribution is -2.12. The molecule has 0 aliphatic rings. The monoisotopic (exact) mass is 543 g/mol. The van der Waals surface area contributed by atoms with Crippen LogP contribution in [0.4, 0.5) is 0 Å². The molecule has 226 valence electrons. The van der Waals surface area contributed by atoms with E-state index in [1.165, 1.54) is 146 Å². The minimum Gasteiger partial charge on any atom is -0.478 e. The van der Waals surface area contributed by atoms with Gasteiger partial charge < -0.3 is 5.11 Å². The van der Waals surface area contributed by atoms with E-state index in [1.807, 2.05) is 6.07 Å². The average Bonchev–Trinajstić information content (AvgIpc) is 2.92. The van der Waals surface area contributed by atoms with Gasteiger partial charge in [0.15, 0.2) is 0 Å². The number of carboxylic acids is 1. The summed E-state index contributed by atoms with van der Waals surface area (Å²) in [6.45, 7) is 9.22. The Bertz CT molecular complexity index is 722. The standard InChI is InChI=1S/C37H66O2/c1-5-8-11-13-15-17-18-19-21-24-26-32(4)31-36-33(27-23-10-7-3)29-30-35(37(38)39)34(36)28-25-22-20-16-14-12-9-6-2/h29-30,32H,5-28,31H2,1-4H3,(H,38,39). The van der Waals surface area contributed by atoms with Crippen molar-refractivity contribution in [2.24, 2.45) is 5.92 Å². The van der Waals surface area contributed by atoms with Gasteiger partial charge in [-0.15, -0.1) is 0 Å². The molecule has 0 fully saturated rings. The summed E-state index contributed by atoms with van der Waals surface area (Å²) in [6.07, 6.45) is 32.2. The van der Waals surface area contributed by atoms with E-state index < -0.39 is 5.97 Å². The zero-order valence-electron chi connectivity index (χ0n) is 26.8. The van der Waals surface area contributed by atoms with Crippen LogP contribution in [0.5, 0.6) is 0 Å². The molecule has 1 atom stereocenters. The third-order valence-electron chi connectivity index (χ3n) is 8.69. The Morgan fingerprint density at radius 1 is 0.590 bits per heavy atom. The fourth-order valence-electron chi connectivity index (χ4n) is 6.15. The topological polar surface area (TPSA) is 37.3 Å². The highest BCUT2D eigenvalue weighted by Gasteiger charge is 2.19. The van der Waals surface area contributed by atoms with E-state index in [0.717, 1.165) is 31.2 Å². The lowest BCUT2D eigenvalue weighted by molar-refractivity contribution is 0.0695. The molecule has 1 rings (SSSR count). The number of unbranched alkanes of at least 4 members (excludes halogenated alkanes) is 18. The quantitative estimate of drug-likeness (QED) is 0.112. The predicted octanol–water partition coefficient (Wildman–Crippen LogP) is 12.3. The number of benzene rings is 1. The summed E-state index contributed by atoms with van der Waals surface area (Å²) in [7, 11) is 0. The van der Waals surface area contributed by atoms with Crippen LogP contribution in [0.2, 0.25) is 0 Å². The van der Waals surface area contributed by atoms with Crippen LogP contribution >= 0.6 is 0 Å². The average molecular weight is 543 g/mol. The number of hydrogen-bond donors (Lipinski definition) is 1. The number of carbonyl (C=O) groups is 1. The number of aryl methyl sites for hydroxylation is 1. The first-order valence-corrected chi connectivity index (χ1v) is 17.4. The molecule has 39 heavy (non-hydrogen) atoms. The number of hydrogen-bond acceptors (Lipinski definition) is 1. The van der Waals surface area contributed by atoms with Crippen molar-refractivity contribution >= 4 is 5.97 Å². The van der Waals surface area contributed by atoms with Crippen LogP contribution in [0.25, 0.3) is 0 Å². The Labute approximate surface area is 244 Å². The van der Waals surface area contributed by atoms with Gasteiger partial charge in [-0.2, -0.15) is 0 Å². The van der Waals surface area contributed by atoms with Gasteiger partial charge in [-0.1, -0.05) is 162 Å². The molecule has 0 spiro atoms. The molecule has 1 aromatic rings. The molecule has 0 amide bonds. The maximum atomic E-state index is 12.2. The molecule has 0 bridgehead atoms. The molecule has 0 saturated carbocycles. The first-order chi connectivity index (χ1) is 19.0. The minimum absolute atomic E-state index is 0.568. The molecule has 0 aliphatic carbocycles. The molecule has 1 unspecified atom stereocenters. The van der Waals surface area contributed by atoms with Gasteiger partial charge in [0.25, 0.3) is 0 Å². The van der Waals surface area contributed by atoms with Crippen LogP contribution in [0, 0.1) is 5.92 Å². The van der Waals surface area contributed by atoms with Crippen LogP contribution in [-0.4, -0.2) is 11.1 Å². The molecule has 0 radical (unpaired) electrons. The van der Waals surface area contributed by atoms with E-state index in [9.17, 15) is 9.90 Å². The van der Waals surface area contributed by atoms with Crippen molar-refractivity contribution in [1.82, 2.24) is 0 Å². The van der Waals surface area contributed by atoms with Gasteiger partial charge in [0.05, 0.1) is 5.56 Å². The zero-order chi connectivity index (χ0) is 28.6. The molecule has 0 aliphatic heterocycles. The van der Waals surface area contributed by atoms with E-state index >= 15 is 0 Å². The van der Waals surface area contributed by atoms with Crippen molar-refractivity contribution in [2.75, 3.05) is 0 Å². The Hall–Kier alpha value is -1.31. The van der Waals surface area contributed by atoms with Gasteiger partial charge >= 0.3 is 5.97 Å². The van der Waals surface area contributed by atoms with Gasteiger partial charge in [0.1, 0.15) is 0 Å². The lowest BCUT2D eigenvalue weighted by atomic mass is 9.84. The van der Waals surface area contributed by atoms with E-state index in [0.29, 0.717) is 11.5 Å². The van der Waals surface area contributed by atoms with Crippen molar-refractivity contribution in [2.45, 2.75) is 188 Å². The summed E-state index contributed by atoms with van der Waals surface area (Å²) >= 11 is 0. The first-order valence-electron chi connectivity index (χ1n) is 17.4. The van der Waals surface area contributed by atoms with Crippen LogP contribution < -0.4 is 0 Å². The predicted molar refractivity (Wildman–Crippen MR) is 172 cm³/mol. The maximum absolute atomic E-state index is 12.2. The number of aromatic carboxylic acids is 1. The largest absolute Gasteiger partial charge is 0.478 e. The van der Waals surface area contributed by atoms with Crippen molar-refractivity contribution in [1.29, 1.82) is 0 Å². The molecule has 0 aromatic heterocycles. The summed E-state index contributed by atoms with van der Waals surface area (Å²) in [5.41, 5.74) is 4.56. The van der Waals surface area contributed by atoms with Gasteiger partial charge in [0, 0.05) is 0 Å². The lowest BCUT2D eigenvalue weighted by Gasteiger charge is -2.21. The highest BCUT2D eigenvalue weighted by Crippen LogP contribution is 2.28. The highest BCUT2D eigenvalue weighted by atomic mass is 16.4. The van der Waals surface area contributed by atoms with Crippen LogP contribution in [-0.2, 0) is 19.3 Å². The van der Waals surface area contributed by atoms with Gasteiger partial charge in [-0.3, -0.25) is 0 Å². The van der Waals surface area contributed by atoms with Crippen molar-refractivity contribution < 1.29 is 9.90 Å². The van der Waals surface area contributed by atoms with E-state index in [2.05, 4.69) is 33.8 Å². The Balaban J connectivity index is 2.69. The van der Waals surface area contributed by atoms with Crippen LogP contribution in [0.3, 0.4) is 0 Å². The number of rotatable bonds is 27. The minimum atomic E-state index is -0.742. The van der Waals surface area contributed by atoms with Crippen molar-refractivity contribution in [3.63, 3.8) is 0 Å². The Kier molecular flexibility index (Phi) is 22.4. The SMILES string of the molecule is CCCCCCCCCCCCC(C)Cc1c(CCCCC)ccc(C(=O)O)c1CCCCCCCCCC. The first kappa shape index (κ1) is 35.7. The third kappa shape index (κ3) is 17.2. The molecule has 1 N–H and O–H groups in total. The van der Waals surface area contributed by atoms with Crippen LogP contribution in [0.15, 0.2) is 12.1 Å². The summed E-state index contributed by atoms with van der Waals surface area (Å²) in [5, 5.41) is 10.1. The summed E-state index contributed by atoms with van der Waals surface area (Å²) < 4.78 is 0. The normalized spacial score (nSPS) is 12.2. The number of carboxylic acid groups (broad SMARTS) is 1. The molecule has 1 aromatic carbocycles. The maximum Gasteiger partial charge on any atom is 0.335 e. The second-order valence-electron chi connectivity index (χ2n) is 12.5. The smallest absolute Gasteiger partial charge is 0.335 e. The fraction of sp³-hybridized carbons (Fsp3) is 0.811. The Morgan fingerprint density at radius 3 is 1.54 bits per heavy atom. The second kappa shape index (κ2) is 24.5. The van der Waals surface area contributed by atoms with Crippen molar-refractivity contribution in [3.05, 3.63) is 34.4 Å². The molecule has 2 heteroatoms. The highest BCUT2D eigenvalue weighted by molar-refractivity contribution is 5.90.